The Morgan fingerprint density at radius 2 is 1.73 bits per heavy atom. The molecule has 0 aliphatic rings. The first-order chi connectivity index (χ1) is 10.2. The number of amides is 2. The van der Waals surface area contributed by atoms with Gasteiger partial charge in [0.2, 0.25) is 5.91 Å². The van der Waals surface area contributed by atoms with Crippen molar-refractivity contribution in [3.05, 3.63) is 29.8 Å². The molecule has 0 heterocycles. The molecule has 2 N–H and O–H groups in total. The van der Waals surface area contributed by atoms with Crippen LogP contribution in [-0.4, -0.2) is 37.5 Å². The van der Waals surface area contributed by atoms with Gasteiger partial charge in [-0.05, 0) is 51.5 Å². The third-order valence-electron chi connectivity index (χ3n) is 3.05. The summed E-state index contributed by atoms with van der Waals surface area (Å²) >= 11 is 0. The Morgan fingerprint density at radius 3 is 2.23 bits per heavy atom. The van der Waals surface area contributed by atoms with E-state index in [1.54, 1.807) is 12.1 Å². The summed E-state index contributed by atoms with van der Waals surface area (Å²) in [5.74, 6) is -0.436. The monoisotopic (exact) mass is 305 g/mol. The van der Waals surface area contributed by atoms with E-state index in [4.69, 9.17) is 0 Å². The lowest BCUT2D eigenvalue weighted by atomic mass is 10.1. The molecule has 0 spiro atoms. The van der Waals surface area contributed by atoms with Gasteiger partial charge >= 0.3 is 0 Å². The van der Waals surface area contributed by atoms with Crippen molar-refractivity contribution in [2.45, 2.75) is 39.7 Å². The fourth-order valence-corrected chi connectivity index (χ4v) is 2.06. The predicted molar refractivity (Wildman–Crippen MR) is 90.2 cm³/mol. The Bertz CT molecular complexity index is 504. The van der Waals surface area contributed by atoms with Gasteiger partial charge in [0, 0.05) is 30.4 Å². The Hall–Kier alpha value is -2.04. The number of carbonyl (C=O) groups excluding carboxylic acids is 2. The van der Waals surface area contributed by atoms with Crippen LogP contribution >= 0.6 is 0 Å². The van der Waals surface area contributed by atoms with Crippen molar-refractivity contribution in [3.63, 3.8) is 0 Å². The predicted octanol–water partition coefficient (Wildman–Crippen LogP) is 2.18. The van der Waals surface area contributed by atoms with Crippen molar-refractivity contribution in [1.29, 1.82) is 0 Å². The number of hydrogen-bond acceptors (Lipinski definition) is 3. The van der Waals surface area contributed by atoms with Crippen molar-refractivity contribution in [2.75, 3.05) is 25.0 Å². The van der Waals surface area contributed by atoms with Gasteiger partial charge in [-0.15, -0.1) is 0 Å². The fraction of sp³-hybridized carbons (Fsp3) is 0.529. The van der Waals surface area contributed by atoms with Crippen LogP contribution in [0.25, 0.3) is 0 Å². The van der Waals surface area contributed by atoms with E-state index in [1.807, 2.05) is 40.0 Å². The lowest BCUT2D eigenvalue weighted by Gasteiger charge is -2.20. The molecule has 122 valence electrons. The topological polar surface area (TPSA) is 61.4 Å². The number of nitrogens with zero attached hydrogens (tertiary/aromatic N) is 1. The zero-order chi connectivity index (χ0) is 16.8. The molecular weight excluding hydrogens is 278 g/mol. The van der Waals surface area contributed by atoms with E-state index >= 15 is 0 Å². The maximum Gasteiger partial charge on any atom is 0.251 e. The van der Waals surface area contributed by atoms with Gasteiger partial charge in [0.05, 0.1) is 6.54 Å². The summed E-state index contributed by atoms with van der Waals surface area (Å²) in [6.45, 7) is 8.78. The quantitative estimate of drug-likeness (QED) is 0.847. The molecule has 0 aliphatic heterocycles. The second-order valence-electron chi connectivity index (χ2n) is 6.45. The first kappa shape index (κ1) is 18.0. The van der Waals surface area contributed by atoms with Gasteiger partial charge in [0.1, 0.15) is 0 Å². The molecule has 1 aromatic rings. The fourth-order valence-electron chi connectivity index (χ4n) is 2.06. The molecule has 0 fully saturated rings. The molecule has 1 aromatic carbocycles. The summed E-state index contributed by atoms with van der Waals surface area (Å²) in [5.41, 5.74) is 1.33. The summed E-state index contributed by atoms with van der Waals surface area (Å²) in [6.07, 6.45) is 1.07. The first-order valence-corrected chi connectivity index (χ1v) is 7.63. The van der Waals surface area contributed by atoms with Crippen molar-refractivity contribution >= 4 is 17.5 Å². The molecule has 0 aliphatic carbocycles. The van der Waals surface area contributed by atoms with Crippen LogP contribution < -0.4 is 15.5 Å². The highest BCUT2D eigenvalue weighted by Gasteiger charge is 2.14. The van der Waals surface area contributed by atoms with Gasteiger partial charge in [-0.1, -0.05) is 6.92 Å². The van der Waals surface area contributed by atoms with Crippen LogP contribution in [0.5, 0.6) is 0 Å². The Morgan fingerprint density at radius 1 is 1.14 bits per heavy atom. The van der Waals surface area contributed by atoms with Crippen LogP contribution in [0.3, 0.4) is 0 Å². The van der Waals surface area contributed by atoms with Gasteiger partial charge in [-0.25, -0.2) is 0 Å². The standard InChI is InChI=1S/C17H27N3O2/c1-6-11-20(5)14-9-7-13(8-10-14)16(22)18-12-15(21)19-17(2,3)4/h7-10H,6,11-12H2,1-5H3,(H,18,22)(H,19,21). The molecule has 0 bridgehead atoms. The molecule has 2 amide bonds. The summed E-state index contributed by atoms with van der Waals surface area (Å²) < 4.78 is 0. The molecule has 0 radical (unpaired) electrons. The highest BCUT2D eigenvalue weighted by atomic mass is 16.2. The van der Waals surface area contributed by atoms with Crippen LogP contribution in [0.2, 0.25) is 0 Å². The first-order valence-electron chi connectivity index (χ1n) is 7.63. The summed E-state index contributed by atoms with van der Waals surface area (Å²) in [6, 6.07) is 7.39. The maximum absolute atomic E-state index is 12.0. The molecule has 0 saturated heterocycles. The summed E-state index contributed by atoms with van der Waals surface area (Å²) in [4.78, 5) is 25.8. The minimum atomic E-state index is -0.298. The molecule has 5 nitrogen and oxygen atoms in total. The minimum Gasteiger partial charge on any atom is -0.375 e. The normalized spacial score (nSPS) is 11.0. The van der Waals surface area contributed by atoms with Crippen LogP contribution in [0.1, 0.15) is 44.5 Å². The van der Waals surface area contributed by atoms with Gasteiger partial charge < -0.3 is 15.5 Å². The molecule has 1 rings (SSSR count). The maximum atomic E-state index is 12.0. The van der Waals surface area contributed by atoms with Crippen molar-refractivity contribution < 1.29 is 9.59 Å². The molecule has 0 aromatic heterocycles. The van der Waals surface area contributed by atoms with E-state index in [-0.39, 0.29) is 23.9 Å². The van der Waals surface area contributed by atoms with E-state index < -0.39 is 0 Å². The average Bonchev–Trinajstić information content (AvgIpc) is 2.43. The lowest BCUT2D eigenvalue weighted by Crippen LogP contribution is -2.45. The molecule has 0 atom stereocenters. The second-order valence-corrected chi connectivity index (χ2v) is 6.45. The van der Waals surface area contributed by atoms with E-state index in [0.29, 0.717) is 5.56 Å². The van der Waals surface area contributed by atoms with Crippen molar-refractivity contribution in [2.24, 2.45) is 0 Å². The van der Waals surface area contributed by atoms with Gasteiger partial charge in [-0.2, -0.15) is 0 Å². The highest BCUT2D eigenvalue weighted by Crippen LogP contribution is 2.14. The Labute approximate surface area is 133 Å². The van der Waals surface area contributed by atoms with Crippen molar-refractivity contribution in [3.8, 4) is 0 Å². The lowest BCUT2D eigenvalue weighted by molar-refractivity contribution is -0.121. The number of hydrogen-bond donors (Lipinski definition) is 2. The van der Waals surface area contributed by atoms with E-state index in [0.717, 1.165) is 18.7 Å². The van der Waals surface area contributed by atoms with E-state index in [9.17, 15) is 9.59 Å². The SMILES string of the molecule is CCCN(C)c1ccc(C(=O)NCC(=O)NC(C)(C)C)cc1. The molecule has 0 saturated carbocycles. The third kappa shape index (κ3) is 6.16. The smallest absolute Gasteiger partial charge is 0.251 e. The largest absolute Gasteiger partial charge is 0.375 e. The number of nitrogens with one attached hydrogen (secondary N) is 2. The minimum absolute atomic E-state index is 0.0202. The highest BCUT2D eigenvalue weighted by molar-refractivity contribution is 5.96. The Kier molecular flexibility index (Phi) is 6.40. The summed E-state index contributed by atoms with van der Waals surface area (Å²) in [7, 11) is 2.02. The van der Waals surface area contributed by atoms with Crippen LogP contribution in [-0.2, 0) is 4.79 Å². The second kappa shape index (κ2) is 7.82. The molecule has 22 heavy (non-hydrogen) atoms. The Balaban J connectivity index is 2.54. The third-order valence-corrected chi connectivity index (χ3v) is 3.05. The number of anilines is 1. The van der Waals surface area contributed by atoms with Crippen LogP contribution in [0.15, 0.2) is 24.3 Å². The van der Waals surface area contributed by atoms with E-state index in [1.165, 1.54) is 0 Å². The average molecular weight is 305 g/mol. The molecule has 0 unspecified atom stereocenters. The number of carbonyl (C=O) groups is 2. The van der Waals surface area contributed by atoms with Gasteiger partial charge in [0.25, 0.3) is 5.91 Å². The van der Waals surface area contributed by atoms with Gasteiger partial charge in [0.15, 0.2) is 0 Å². The zero-order valence-corrected chi connectivity index (χ0v) is 14.2. The van der Waals surface area contributed by atoms with Crippen LogP contribution in [0.4, 0.5) is 5.69 Å². The number of rotatable bonds is 6. The molecular formula is C17H27N3O2. The van der Waals surface area contributed by atoms with Crippen LogP contribution in [0, 0.1) is 0 Å². The zero-order valence-electron chi connectivity index (χ0n) is 14.2. The summed E-state index contributed by atoms with van der Waals surface area (Å²) in [5, 5.41) is 5.43. The number of benzene rings is 1. The van der Waals surface area contributed by atoms with Crippen molar-refractivity contribution in [1.82, 2.24) is 10.6 Å². The van der Waals surface area contributed by atoms with E-state index in [2.05, 4.69) is 22.5 Å². The van der Waals surface area contributed by atoms with Gasteiger partial charge in [-0.3, -0.25) is 9.59 Å². The molecule has 5 heteroatoms.